The van der Waals surface area contributed by atoms with E-state index in [0.717, 1.165) is 25.7 Å². The fourth-order valence-electron chi connectivity index (χ4n) is 2.70. The first-order chi connectivity index (χ1) is 10.0. The Morgan fingerprint density at radius 1 is 1.29 bits per heavy atom. The second-order valence-corrected chi connectivity index (χ2v) is 5.82. The van der Waals surface area contributed by atoms with E-state index in [9.17, 15) is 14.0 Å². The Morgan fingerprint density at radius 3 is 2.62 bits per heavy atom. The molecule has 0 N–H and O–H groups in total. The van der Waals surface area contributed by atoms with Gasteiger partial charge < -0.3 is 4.90 Å². The lowest BCUT2D eigenvalue weighted by Crippen LogP contribution is -2.34. The van der Waals surface area contributed by atoms with Crippen molar-refractivity contribution in [3.8, 4) is 0 Å². The standard InChI is InChI=1S/C16H19ClFNO2/c1-3-5-6-10(4-2)9-19-14-12(18)8-7-11(17)13(14)15(20)16(19)21/h7-8,10H,3-6,9H2,1-2H3. The van der Waals surface area contributed by atoms with Crippen LogP contribution >= 0.6 is 11.6 Å². The minimum Gasteiger partial charge on any atom is -0.302 e. The zero-order valence-corrected chi connectivity index (χ0v) is 13.0. The largest absolute Gasteiger partial charge is 0.302 e. The highest BCUT2D eigenvalue weighted by Crippen LogP contribution is 2.37. The SMILES string of the molecule is CCCCC(CC)CN1C(=O)C(=O)c2c(Cl)ccc(F)c21. The summed E-state index contributed by atoms with van der Waals surface area (Å²) in [5.41, 5.74) is 0.0551. The Morgan fingerprint density at radius 2 is 2.00 bits per heavy atom. The van der Waals surface area contributed by atoms with Gasteiger partial charge in [-0.05, 0) is 24.5 Å². The molecule has 1 aromatic carbocycles. The van der Waals surface area contributed by atoms with Crippen molar-refractivity contribution in [1.29, 1.82) is 0 Å². The number of halogens is 2. The van der Waals surface area contributed by atoms with Gasteiger partial charge in [-0.3, -0.25) is 9.59 Å². The predicted molar refractivity (Wildman–Crippen MR) is 81.4 cm³/mol. The lowest BCUT2D eigenvalue weighted by molar-refractivity contribution is -0.114. The molecule has 1 aliphatic rings. The number of unbranched alkanes of at least 4 members (excludes halogenated alkanes) is 1. The van der Waals surface area contributed by atoms with Gasteiger partial charge in [-0.15, -0.1) is 0 Å². The van der Waals surface area contributed by atoms with Crippen molar-refractivity contribution in [3.05, 3.63) is 28.5 Å². The number of carbonyl (C=O) groups is 2. The number of ketones is 1. The van der Waals surface area contributed by atoms with E-state index in [4.69, 9.17) is 11.6 Å². The van der Waals surface area contributed by atoms with Gasteiger partial charge in [0.15, 0.2) is 0 Å². The Balaban J connectivity index is 2.32. The lowest BCUT2D eigenvalue weighted by atomic mass is 9.98. The smallest absolute Gasteiger partial charge is 0.299 e. The van der Waals surface area contributed by atoms with Crippen LogP contribution < -0.4 is 4.90 Å². The third kappa shape index (κ3) is 2.95. The average Bonchev–Trinajstić information content (AvgIpc) is 2.73. The van der Waals surface area contributed by atoms with Crippen molar-refractivity contribution in [3.63, 3.8) is 0 Å². The Hall–Kier alpha value is -1.42. The highest BCUT2D eigenvalue weighted by molar-refractivity contribution is 6.55. The van der Waals surface area contributed by atoms with Crippen LogP contribution in [0.5, 0.6) is 0 Å². The number of anilines is 1. The van der Waals surface area contributed by atoms with Gasteiger partial charge in [0.1, 0.15) is 5.82 Å². The summed E-state index contributed by atoms with van der Waals surface area (Å²) in [7, 11) is 0. The van der Waals surface area contributed by atoms with Crippen LogP contribution in [0.2, 0.25) is 5.02 Å². The van der Waals surface area contributed by atoms with Gasteiger partial charge in [-0.25, -0.2) is 4.39 Å². The molecule has 1 unspecified atom stereocenters. The van der Waals surface area contributed by atoms with Gasteiger partial charge in [-0.2, -0.15) is 0 Å². The Kier molecular flexibility index (Phi) is 4.99. The molecule has 1 amide bonds. The summed E-state index contributed by atoms with van der Waals surface area (Å²) in [5, 5.41) is 0.133. The molecule has 0 saturated heterocycles. The van der Waals surface area contributed by atoms with Crippen LogP contribution in [0.25, 0.3) is 0 Å². The zero-order valence-electron chi connectivity index (χ0n) is 12.3. The summed E-state index contributed by atoms with van der Waals surface area (Å²) < 4.78 is 14.1. The molecular formula is C16H19ClFNO2. The molecule has 1 atom stereocenters. The van der Waals surface area contributed by atoms with E-state index in [0.29, 0.717) is 6.54 Å². The molecule has 0 radical (unpaired) electrons. The molecule has 0 bridgehead atoms. The molecular weight excluding hydrogens is 293 g/mol. The maximum Gasteiger partial charge on any atom is 0.299 e. The maximum atomic E-state index is 14.1. The van der Waals surface area contributed by atoms with Crippen LogP contribution in [0.15, 0.2) is 12.1 Å². The van der Waals surface area contributed by atoms with Crippen molar-refractivity contribution in [2.24, 2.45) is 5.92 Å². The van der Waals surface area contributed by atoms with Crippen LogP contribution in [-0.2, 0) is 4.79 Å². The van der Waals surface area contributed by atoms with Crippen molar-refractivity contribution >= 4 is 29.0 Å². The highest BCUT2D eigenvalue weighted by Gasteiger charge is 2.40. The van der Waals surface area contributed by atoms with Crippen LogP contribution in [0.4, 0.5) is 10.1 Å². The molecule has 0 saturated carbocycles. The lowest BCUT2D eigenvalue weighted by Gasteiger charge is -2.23. The number of rotatable bonds is 6. The molecule has 3 nitrogen and oxygen atoms in total. The quantitative estimate of drug-likeness (QED) is 0.737. The zero-order chi connectivity index (χ0) is 15.6. The predicted octanol–water partition coefficient (Wildman–Crippen LogP) is 4.22. The third-order valence-electron chi connectivity index (χ3n) is 4.00. The summed E-state index contributed by atoms with van der Waals surface area (Å²) in [5.74, 6) is -1.70. The molecule has 0 spiro atoms. The number of amides is 1. The van der Waals surface area contributed by atoms with Gasteiger partial charge in [0.2, 0.25) is 0 Å². The molecule has 5 heteroatoms. The molecule has 114 valence electrons. The van der Waals surface area contributed by atoms with Crippen LogP contribution in [-0.4, -0.2) is 18.2 Å². The minimum absolute atomic E-state index is 0.00649. The normalized spacial score (nSPS) is 15.5. The Bertz CT molecular complexity index is 574. The molecule has 2 rings (SSSR count). The first-order valence-corrected chi connectivity index (χ1v) is 7.73. The average molecular weight is 312 g/mol. The van der Waals surface area contributed by atoms with E-state index in [1.54, 1.807) is 0 Å². The van der Waals surface area contributed by atoms with E-state index >= 15 is 0 Å². The molecule has 1 aromatic rings. The fraction of sp³-hybridized carbons (Fsp3) is 0.500. The maximum absolute atomic E-state index is 14.1. The number of hydrogen-bond donors (Lipinski definition) is 0. The van der Waals surface area contributed by atoms with Gasteiger partial charge in [0.05, 0.1) is 16.3 Å². The molecule has 21 heavy (non-hydrogen) atoms. The first-order valence-electron chi connectivity index (χ1n) is 7.35. The molecule has 1 heterocycles. The number of fused-ring (bicyclic) bond motifs is 1. The summed E-state index contributed by atoms with van der Waals surface area (Å²) >= 11 is 5.95. The van der Waals surface area contributed by atoms with E-state index in [1.165, 1.54) is 17.0 Å². The van der Waals surface area contributed by atoms with E-state index < -0.39 is 17.5 Å². The molecule has 0 fully saturated rings. The van der Waals surface area contributed by atoms with Crippen LogP contribution in [0.3, 0.4) is 0 Å². The van der Waals surface area contributed by atoms with Gasteiger partial charge >= 0.3 is 0 Å². The topological polar surface area (TPSA) is 37.4 Å². The monoisotopic (exact) mass is 311 g/mol. The van der Waals surface area contributed by atoms with Crippen molar-refractivity contribution in [2.45, 2.75) is 39.5 Å². The second kappa shape index (κ2) is 6.56. The van der Waals surface area contributed by atoms with Crippen molar-refractivity contribution in [1.82, 2.24) is 0 Å². The molecule has 0 aromatic heterocycles. The van der Waals surface area contributed by atoms with E-state index in [2.05, 4.69) is 6.92 Å². The molecule has 1 aliphatic heterocycles. The minimum atomic E-state index is -0.708. The van der Waals surface area contributed by atoms with Crippen molar-refractivity contribution < 1.29 is 14.0 Å². The summed E-state index contributed by atoms with van der Waals surface area (Å²) in [6.45, 7) is 4.51. The third-order valence-corrected chi connectivity index (χ3v) is 4.31. The van der Waals surface area contributed by atoms with E-state index in [-0.39, 0.29) is 22.2 Å². The van der Waals surface area contributed by atoms with Gasteiger partial charge in [-0.1, -0.05) is 44.7 Å². The summed E-state index contributed by atoms with van der Waals surface area (Å²) in [4.78, 5) is 25.4. The summed E-state index contributed by atoms with van der Waals surface area (Å²) in [6, 6.07) is 2.52. The fourth-order valence-corrected chi connectivity index (χ4v) is 2.94. The second-order valence-electron chi connectivity index (χ2n) is 5.41. The Labute approximate surface area is 129 Å². The van der Waals surface area contributed by atoms with Crippen LogP contribution in [0.1, 0.15) is 49.9 Å². The summed E-state index contributed by atoms with van der Waals surface area (Å²) in [6.07, 6.45) is 3.97. The highest BCUT2D eigenvalue weighted by atomic mass is 35.5. The number of nitrogens with zero attached hydrogens (tertiary/aromatic N) is 1. The number of Topliss-reactive ketones (excluding diaryl/α,β-unsaturated/α-hetero) is 1. The van der Waals surface area contributed by atoms with Crippen LogP contribution in [0, 0.1) is 11.7 Å². The van der Waals surface area contributed by atoms with E-state index in [1.807, 2.05) is 6.92 Å². The number of hydrogen-bond acceptors (Lipinski definition) is 2. The van der Waals surface area contributed by atoms with Gasteiger partial charge in [0, 0.05) is 6.54 Å². The molecule has 0 aliphatic carbocycles. The number of carbonyl (C=O) groups excluding carboxylic acids is 2. The van der Waals surface area contributed by atoms with Crippen molar-refractivity contribution in [2.75, 3.05) is 11.4 Å². The van der Waals surface area contributed by atoms with Gasteiger partial charge in [0.25, 0.3) is 11.7 Å². The number of benzene rings is 1. The first kappa shape index (κ1) is 16.0.